The molecule has 2 amide bonds. The second-order valence-corrected chi connectivity index (χ2v) is 15.4. The van der Waals surface area contributed by atoms with Crippen molar-refractivity contribution in [2.24, 2.45) is 0 Å². The van der Waals surface area contributed by atoms with E-state index in [1.807, 2.05) is 54.6 Å². The average Bonchev–Trinajstić information content (AvgIpc) is 3.65. The largest absolute Gasteiger partial charge is 0.495 e. The predicted molar refractivity (Wildman–Crippen MR) is 201 cm³/mol. The third-order valence-corrected chi connectivity index (χ3v) is 11.3. The van der Waals surface area contributed by atoms with E-state index in [1.165, 1.54) is 56.6 Å². The van der Waals surface area contributed by atoms with Gasteiger partial charge in [-0.1, -0.05) is 82.8 Å². The summed E-state index contributed by atoms with van der Waals surface area (Å²) in [6.45, 7) is -0.645. The molecule has 0 saturated heterocycles. The SMILES string of the molecule is COc1ccc(S(=O)(=O)N(CC(=O)N(Cc2cccc(Br)c2)C(Cc2ccccc2)C(=O)NC2CCCC2)c2cc(Cl)ccc2OC)cc1OC. The molecule has 0 heterocycles. The van der Waals surface area contributed by atoms with E-state index in [9.17, 15) is 18.0 Å². The molecule has 1 aliphatic rings. The van der Waals surface area contributed by atoms with E-state index in [4.69, 9.17) is 25.8 Å². The highest BCUT2D eigenvalue weighted by atomic mass is 79.9. The maximum atomic E-state index is 14.9. The molecule has 0 spiro atoms. The molecule has 4 aromatic rings. The number of anilines is 1. The van der Waals surface area contributed by atoms with Crippen molar-refractivity contribution in [1.82, 2.24) is 10.2 Å². The van der Waals surface area contributed by atoms with Gasteiger partial charge in [0.25, 0.3) is 10.0 Å². The molecule has 0 aliphatic heterocycles. The molecule has 13 heteroatoms. The number of hydrogen-bond donors (Lipinski definition) is 1. The fourth-order valence-corrected chi connectivity index (χ4v) is 8.27. The van der Waals surface area contributed by atoms with Gasteiger partial charge >= 0.3 is 0 Å². The second-order valence-electron chi connectivity index (χ2n) is 12.2. The first-order chi connectivity index (χ1) is 24.5. The molecule has 51 heavy (non-hydrogen) atoms. The van der Waals surface area contributed by atoms with Crippen LogP contribution in [0.25, 0.3) is 0 Å². The minimum Gasteiger partial charge on any atom is -0.495 e. The van der Waals surface area contributed by atoms with Crippen LogP contribution in [0.5, 0.6) is 17.2 Å². The van der Waals surface area contributed by atoms with Crippen molar-refractivity contribution in [3.05, 3.63) is 112 Å². The lowest BCUT2D eigenvalue weighted by Crippen LogP contribution is -2.54. The smallest absolute Gasteiger partial charge is 0.265 e. The minimum atomic E-state index is -4.49. The molecule has 1 aliphatic carbocycles. The Hall–Kier alpha value is -4.26. The monoisotopic (exact) mass is 797 g/mol. The maximum absolute atomic E-state index is 14.9. The summed E-state index contributed by atoms with van der Waals surface area (Å²) in [4.78, 5) is 30.4. The fraction of sp³-hybridized carbons (Fsp3) is 0.316. The predicted octanol–water partition coefficient (Wildman–Crippen LogP) is 7.02. The Labute approximate surface area is 312 Å². The number of nitrogens with one attached hydrogen (secondary N) is 1. The van der Waals surface area contributed by atoms with Crippen LogP contribution in [0.2, 0.25) is 5.02 Å². The number of carbonyl (C=O) groups is 2. The zero-order chi connectivity index (χ0) is 36.5. The number of rotatable bonds is 15. The van der Waals surface area contributed by atoms with Crippen LogP contribution in [0.15, 0.2) is 100 Å². The Bertz CT molecular complexity index is 1940. The van der Waals surface area contributed by atoms with Crippen molar-refractivity contribution in [1.29, 1.82) is 0 Å². The molecule has 1 fully saturated rings. The zero-order valence-electron chi connectivity index (χ0n) is 28.7. The number of carbonyl (C=O) groups excluding carboxylic acids is 2. The Morgan fingerprint density at radius 3 is 2.18 bits per heavy atom. The molecule has 0 aromatic heterocycles. The molecule has 0 bridgehead atoms. The van der Waals surface area contributed by atoms with Crippen LogP contribution in [-0.4, -0.2) is 65.1 Å². The van der Waals surface area contributed by atoms with Gasteiger partial charge in [0.1, 0.15) is 18.3 Å². The fourth-order valence-electron chi connectivity index (χ4n) is 6.23. The van der Waals surface area contributed by atoms with E-state index < -0.39 is 28.5 Å². The number of hydrogen-bond acceptors (Lipinski definition) is 7. The van der Waals surface area contributed by atoms with Crippen LogP contribution in [-0.2, 0) is 32.6 Å². The third kappa shape index (κ3) is 9.35. The Morgan fingerprint density at radius 2 is 1.51 bits per heavy atom. The molecule has 4 aromatic carbocycles. The normalized spacial score (nSPS) is 13.7. The lowest BCUT2D eigenvalue weighted by atomic mass is 10.0. The topological polar surface area (TPSA) is 114 Å². The van der Waals surface area contributed by atoms with E-state index in [0.717, 1.165) is 45.6 Å². The van der Waals surface area contributed by atoms with Gasteiger partial charge in [-0.05, 0) is 66.4 Å². The molecule has 1 atom stereocenters. The van der Waals surface area contributed by atoms with Crippen LogP contribution in [0.4, 0.5) is 5.69 Å². The van der Waals surface area contributed by atoms with Crippen LogP contribution < -0.4 is 23.8 Å². The van der Waals surface area contributed by atoms with Gasteiger partial charge < -0.3 is 24.4 Å². The minimum absolute atomic E-state index is 0.00348. The van der Waals surface area contributed by atoms with Gasteiger partial charge in [0.05, 0.1) is 31.9 Å². The van der Waals surface area contributed by atoms with Crippen molar-refractivity contribution in [2.75, 3.05) is 32.2 Å². The molecule has 1 N–H and O–H groups in total. The van der Waals surface area contributed by atoms with Crippen molar-refractivity contribution in [3.8, 4) is 17.2 Å². The van der Waals surface area contributed by atoms with Gasteiger partial charge in [0.2, 0.25) is 11.8 Å². The Morgan fingerprint density at radius 1 is 0.843 bits per heavy atom. The van der Waals surface area contributed by atoms with Crippen molar-refractivity contribution in [3.63, 3.8) is 0 Å². The molecular weight excluding hydrogens is 758 g/mol. The summed E-state index contributed by atoms with van der Waals surface area (Å²) in [6.07, 6.45) is 3.95. The number of amides is 2. The molecule has 10 nitrogen and oxygen atoms in total. The summed E-state index contributed by atoms with van der Waals surface area (Å²) in [7, 11) is -0.239. The highest BCUT2D eigenvalue weighted by molar-refractivity contribution is 9.10. The van der Waals surface area contributed by atoms with Crippen molar-refractivity contribution >= 4 is 55.1 Å². The van der Waals surface area contributed by atoms with Gasteiger partial charge in [0, 0.05) is 34.6 Å². The van der Waals surface area contributed by atoms with E-state index in [0.29, 0.717) is 5.75 Å². The van der Waals surface area contributed by atoms with Gasteiger partial charge in [-0.15, -0.1) is 0 Å². The molecular formula is C38H41BrClN3O7S. The molecule has 0 radical (unpaired) electrons. The summed E-state index contributed by atoms with van der Waals surface area (Å²) < 4.78 is 47.4. The molecule has 1 unspecified atom stereocenters. The number of halogens is 2. The lowest BCUT2D eigenvalue weighted by Gasteiger charge is -2.34. The van der Waals surface area contributed by atoms with E-state index >= 15 is 0 Å². The standard InChI is InChI=1S/C38H41BrClN3O7S/c1-48-34-18-16-29(40)22-32(34)43(51(46,47)31-17-19-35(49-2)36(23-31)50-3)25-37(44)42(24-27-12-9-13-28(39)20-27)33(21-26-10-5-4-6-11-26)38(45)41-30-14-7-8-15-30/h4-6,9-13,16-20,22-23,30,33H,7-8,14-15,21,24-25H2,1-3H3,(H,41,45). The first-order valence-electron chi connectivity index (χ1n) is 16.5. The first kappa shape index (κ1) is 38.0. The second kappa shape index (κ2) is 17.3. The maximum Gasteiger partial charge on any atom is 0.265 e. The van der Waals surface area contributed by atoms with Gasteiger partial charge in [-0.25, -0.2) is 8.42 Å². The molecule has 1 saturated carbocycles. The van der Waals surface area contributed by atoms with Crippen LogP contribution in [0.1, 0.15) is 36.8 Å². The summed E-state index contributed by atoms with van der Waals surface area (Å²) in [5.41, 5.74) is 1.65. The Kier molecular flexibility index (Phi) is 12.9. The summed E-state index contributed by atoms with van der Waals surface area (Å²) in [5.74, 6) is -0.218. The number of benzene rings is 4. The van der Waals surface area contributed by atoms with E-state index in [2.05, 4.69) is 21.2 Å². The Balaban J connectivity index is 1.63. The quantitative estimate of drug-likeness (QED) is 0.138. The van der Waals surface area contributed by atoms with Gasteiger partial charge in [-0.2, -0.15) is 0 Å². The summed E-state index contributed by atoms with van der Waals surface area (Å²) in [5, 5.41) is 3.42. The summed E-state index contributed by atoms with van der Waals surface area (Å²) >= 11 is 9.94. The van der Waals surface area contributed by atoms with Crippen molar-refractivity contribution < 1.29 is 32.2 Å². The number of sulfonamides is 1. The molecule has 270 valence electrons. The van der Waals surface area contributed by atoms with Crippen LogP contribution in [0.3, 0.4) is 0 Å². The average molecular weight is 799 g/mol. The highest BCUT2D eigenvalue weighted by Crippen LogP contribution is 2.37. The lowest BCUT2D eigenvalue weighted by molar-refractivity contribution is -0.140. The zero-order valence-corrected chi connectivity index (χ0v) is 31.8. The number of nitrogens with zero attached hydrogens (tertiary/aromatic N) is 2. The number of methoxy groups -OCH3 is 3. The highest BCUT2D eigenvalue weighted by Gasteiger charge is 2.37. The number of ether oxygens (including phenoxy) is 3. The van der Waals surface area contributed by atoms with Crippen LogP contribution in [0, 0.1) is 0 Å². The van der Waals surface area contributed by atoms with Crippen LogP contribution >= 0.6 is 27.5 Å². The molecule has 5 rings (SSSR count). The van der Waals surface area contributed by atoms with Gasteiger partial charge in [-0.3, -0.25) is 13.9 Å². The van der Waals surface area contributed by atoms with E-state index in [-0.39, 0.29) is 52.0 Å². The van der Waals surface area contributed by atoms with E-state index in [1.54, 1.807) is 6.07 Å². The van der Waals surface area contributed by atoms with Gasteiger partial charge in [0.15, 0.2) is 11.5 Å². The van der Waals surface area contributed by atoms with Crippen molar-refractivity contribution in [2.45, 2.75) is 55.6 Å². The first-order valence-corrected chi connectivity index (χ1v) is 19.1. The third-order valence-electron chi connectivity index (χ3n) is 8.85. The summed E-state index contributed by atoms with van der Waals surface area (Å²) in [6, 6.07) is 24.6.